The van der Waals surface area contributed by atoms with Crippen molar-refractivity contribution in [3.8, 4) is 0 Å². The molecule has 0 spiro atoms. The summed E-state index contributed by atoms with van der Waals surface area (Å²) in [5.41, 5.74) is 1.37. The summed E-state index contributed by atoms with van der Waals surface area (Å²) in [4.78, 5) is 16.2. The number of aromatic nitrogens is 1. The van der Waals surface area contributed by atoms with Gasteiger partial charge in [0.1, 0.15) is 11.3 Å². The Morgan fingerprint density at radius 3 is 2.90 bits per heavy atom. The molecule has 0 aliphatic heterocycles. The summed E-state index contributed by atoms with van der Waals surface area (Å²) >= 11 is 3.32. The van der Waals surface area contributed by atoms with Gasteiger partial charge in [0.15, 0.2) is 0 Å². The van der Waals surface area contributed by atoms with Crippen LogP contribution in [0.1, 0.15) is 29.1 Å². The molecule has 0 bridgehead atoms. The first-order chi connectivity index (χ1) is 10.1. The molecule has 2 heterocycles. The highest BCUT2D eigenvalue weighted by atomic mass is 79.9. The standard InChI is InChI=1S/C16H13BrN2O2/c1-10(15-8-11-4-2-3-5-14(11)21-15)19-16(20)12-6-7-18-9-13(12)17/h2-10H,1H3,(H,19,20)/t10-/m1/s1. The van der Waals surface area contributed by atoms with Gasteiger partial charge < -0.3 is 9.73 Å². The van der Waals surface area contributed by atoms with Crippen LogP contribution >= 0.6 is 15.9 Å². The largest absolute Gasteiger partial charge is 0.459 e. The fourth-order valence-electron chi connectivity index (χ4n) is 2.12. The van der Waals surface area contributed by atoms with E-state index in [0.29, 0.717) is 10.0 Å². The van der Waals surface area contributed by atoms with E-state index in [1.165, 1.54) is 0 Å². The lowest BCUT2D eigenvalue weighted by Crippen LogP contribution is -2.26. The second-order valence-corrected chi connectivity index (χ2v) is 5.59. The van der Waals surface area contributed by atoms with Crippen LogP contribution in [0.3, 0.4) is 0 Å². The number of rotatable bonds is 3. The normalized spacial score (nSPS) is 12.3. The first-order valence-electron chi connectivity index (χ1n) is 6.54. The van der Waals surface area contributed by atoms with Crippen LogP contribution in [0.15, 0.2) is 57.7 Å². The third-order valence-electron chi connectivity index (χ3n) is 3.24. The number of nitrogens with one attached hydrogen (secondary N) is 1. The number of benzene rings is 1. The maximum absolute atomic E-state index is 12.3. The number of hydrogen-bond donors (Lipinski definition) is 1. The van der Waals surface area contributed by atoms with E-state index >= 15 is 0 Å². The van der Waals surface area contributed by atoms with Crippen LogP contribution in [0, 0.1) is 0 Å². The van der Waals surface area contributed by atoms with Gasteiger partial charge in [-0.2, -0.15) is 0 Å². The predicted octanol–water partition coefficient (Wildman–Crippen LogP) is 4.08. The van der Waals surface area contributed by atoms with E-state index in [1.54, 1.807) is 18.5 Å². The van der Waals surface area contributed by atoms with E-state index in [4.69, 9.17) is 4.42 Å². The molecule has 0 unspecified atom stereocenters. The lowest BCUT2D eigenvalue weighted by atomic mass is 10.2. The number of carbonyl (C=O) groups is 1. The van der Waals surface area contributed by atoms with Crippen LogP contribution in [0.2, 0.25) is 0 Å². The van der Waals surface area contributed by atoms with E-state index in [0.717, 1.165) is 16.7 Å². The van der Waals surface area contributed by atoms with Crippen LogP contribution in [0.4, 0.5) is 0 Å². The number of carbonyl (C=O) groups excluding carboxylic acids is 1. The maximum atomic E-state index is 12.3. The zero-order chi connectivity index (χ0) is 14.8. The predicted molar refractivity (Wildman–Crippen MR) is 84.0 cm³/mol. The van der Waals surface area contributed by atoms with Crippen LogP contribution in [0.5, 0.6) is 0 Å². The third kappa shape index (κ3) is 2.83. The minimum Gasteiger partial charge on any atom is -0.459 e. The smallest absolute Gasteiger partial charge is 0.253 e. The highest BCUT2D eigenvalue weighted by molar-refractivity contribution is 9.10. The molecule has 106 valence electrons. The number of halogens is 1. The fourth-order valence-corrected chi connectivity index (χ4v) is 2.55. The van der Waals surface area contributed by atoms with Crippen LogP contribution in [0.25, 0.3) is 11.0 Å². The quantitative estimate of drug-likeness (QED) is 0.778. The summed E-state index contributed by atoms with van der Waals surface area (Å²) in [6.45, 7) is 1.89. The molecule has 1 N–H and O–H groups in total. The Morgan fingerprint density at radius 1 is 1.33 bits per heavy atom. The number of para-hydroxylation sites is 1. The topological polar surface area (TPSA) is 55.1 Å². The van der Waals surface area contributed by atoms with Crippen LogP contribution < -0.4 is 5.32 Å². The zero-order valence-corrected chi connectivity index (χ0v) is 12.9. The van der Waals surface area contributed by atoms with E-state index < -0.39 is 0 Å². The van der Waals surface area contributed by atoms with Gasteiger partial charge in [0.05, 0.1) is 11.6 Å². The SMILES string of the molecule is C[C@@H](NC(=O)c1ccncc1Br)c1cc2ccccc2o1. The zero-order valence-electron chi connectivity index (χ0n) is 11.3. The minimum absolute atomic E-state index is 0.169. The van der Waals surface area contributed by atoms with Gasteiger partial charge in [0, 0.05) is 22.3 Å². The first-order valence-corrected chi connectivity index (χ1v) is 7.33. The van der Waals surface area contributed by atoms with Crippen molar-refractivity contribution >= 4 is 32.8 Å². The van der Waals surface area contributed by atoms with Crippen LogP contribution in [-0.2, 0) is 0 Å². The average Bonchev–Trinajstić information content (AvgIpc) is 2.91. The fraction of sp³-hybridized carbons (Fsp3) is 0.125. The molecule has 5 heteroatoms. The Morgan fingerprint density at radius 2 is 2.14 bits per heavy atom. The molecule has 0 saturated carbocycles. The van der Waals surface area contributed by atoms with Crippen LogP contribution in [-0.4, -0.2) is 10.9 Å². The lowest BCUT2D eigenvalue weighted by molar-refractivity contribution is 0.0935. The van der Waals surface area contributed by atoms with Crippen molar-refractivity contribution in [2.75, 3.05) is 0 Å². The second-order valence-electron chi connectivity index (χ2n) is 4.74. The highest BCUT2D eigenvalue weighted by Crippen LogP contribution is 2.24. The van der Waals surface area contributed by atoms with Crippen molar-refractivity contribution in [2.45, 2.75) is 13.0 Å². The van der Waals surface area contributed by atoms with Crippen molar-refractivity contribution in [3.05, 3.63) is 64.6 Å². The lowest BCUT2D eigenvalue weighted by Gasteiger charge is -2.12. The van der Waals surface area contributed by atoms with E-state index in [2.05, 4.69) is 26.2 Å². The van der Waals surface area contributed by atoms with Crippen molar-refractivity contribution in [3.63, 3.8) is 0 Å². The van der Waals surface area contributed by atoms with Gasteiger partial charge >= 0.3 is 0 Å². The molecule has 0 saturated heterocycles. The molecule has 0 fully saturated rings. The van der Waals surface area contributed by atoms with E-state index in [1.807, 2.05) is 37.3 Å². The molecule has 3 aromatic rings. The molecule has 2 aromatic heterocycles. The Balaban J connectivity index is 1.81. The molecule has 21 heavy (non-hydrogen) atoms. The molecular formula is C16H13BrN2O2. The second kappa shape index (κ2) is 5.69. The molecule has 0 aliphatic carbocycles. The van der Waals surface area contributed by atoms with Gasteiger partial charge in [-0.1, -0.05) is 18.2 Å². The third-order valence-corrected chi connectivity index (χ3v) is 3.87. The number of pyridine rings is 1. The molecule has 4 nitrogen and oxygen atoms in total. The van der Waals surface area contributed by atoms with Gasteiger partial charge in [-0.3, -0.25) is 9.78 Å². The summed E-state index contributed by atoms with van der Waals surface area (Å²) in [5, 5.41) is 3.95. The van der Waals surface area contributed by atoms with E-state index in [-0.39, 0.29) is 11.9 Å². The van der Waals surface area contributed by atoms with Gasteiger partial charge in [-0.15, -0.1) is 0 Å². The summed E-state index contributed by atoms with van der Waals surface area (Å²) in [6, 6.07) is 11.2. The van der Waals surface area contributed by atoms with Gasteiger partial charge in [-0.05, 0) is 41.1 Å². The van der Waals surface area contributed by atoms with E-state index in [9.17, 15) is 4.79 Å². The molecule has 0 radical (unpaired) electrons. The van der Waals surface area contributed by atoms with Gasteiger partial charge in [0.25, 0.3) is 5.91 Å². The number of fused-ring (bicyclic) bond motifs is 1. The molecule has 3 rings (SSSR count). The summed E-state index contributed by atoms with van der Waals surface area (Å²) < 4.78 is 6.42. The highest BCUT2D eigenvalue weighted by Gasteiger charge is 2.16. The number of nitrogens with zero attached hydrogens (tertiary/aromatic N) is 1. The average molecular weight is 345 g/mol. The Kier molecular flexibility index (Phi) is 3.75. The summed E-state index contributed by atoms with van der Waals surface area (Å²) in [5.74, 6) is 0.562. The first kappa shape index (κ1) is 13.8. The van der Waals surface area contributed by atoms with Crippen molar-refractivity contribution in [1.82, 2.24) is 10.3 Å². The minimum atomic E-state index is -0.218. The molecule has 1 aromatic carbocycles. The van der Waals surface area contributed by atoms with Gasteiger partial charge in [0.2, 0.25) is 0 Å². The molecule has 0 aliphatic rings. The Labute approximate surface area is 130 Å². The van der Waals surface area contributed by atoms with Gasteiger partial charge in [-0.25, -0.2) is 0 Å². The number of furan rings is 1. The summed E-state index contributed by atoms with van der Waals surface area (Å²) in [6.07, 6.45) is 3.19. The number of amides is 1. The number of hydrogen-bond acceptors (Lipinski definition) is 3. The maximum Gasteiger partial charge on any atom is 0.253 e. The van der Waals surface area contributed by atoms with Crippen molar-refractivity contribution < 1.29 is 9.21 Å². The Bertz CT molecular complexity index is 765. The van der Waals surface area contributed by atoms with Crippen molar-refractivity contribution in [2.24, 2.45) is 0 Å². The molecule has 1 atom stereocenters. The molecular weight excluding hydrogens is 332 g/mol. The van der Waals surface area contributed by atoms with Crippen molar-refractivity contribution in [1.29, 1.82) is 0 Å². The molecule has 1 amide bonds. The summed E-state index contributed by atoms with van der Waals surface area (Å²) in [7, 11) is 0. The Hall–Kier alpha value is -2.14. The monoisotopic (exact) mass is 344 g/mol.